The largest absolute Gasteiger partial charge is 0.382 e. The number of rotatable bonds is 4. The molecule has 110 valence electrons. The van der Waals surface area contributed by atoms with Crippen LogP contribution in [0.25, 0.3) is 0 Å². The standard InChI is InChI=1S/C14H18F2N2O2/c1-8-3-5-12(9(8)2)17-13-6-4-10(18(19)20)7-11(13)14(15)16/h4,6-9,12,14,17H,3,5H2,1-2H3. The summed E-state index contributed by atoms with van der Waals surface area (Å²) >= 11 is 0. The normalized spacial score (nSPS) is 25.9. The van der Waals surface area contributed by atoms with Gasteiger partial charge >= 0.3 is 0 Å². The van der Waals surface area contributed by atoms with Crippen molar-refractivity contribution < 1.29 is 13.7 Å². The topological polar surface area (TPSA) is 55.2 Å². The smallest absolute Gasteiger partial charge is 0.270 e. The minimum atomic E-state index is -2.73. The molecule has 4 nitrogen and oxygen atoms in total. The molecule has 0 spiro atoms. The van der Waals surface area contributed by atoms with Gasteiger partial charge in [0.05, 0.1) is 4.92 Å². The summed E-state index contributed by atoms with van der Waals surface area (Å²) in [6.07, 6.45) is -0.732. The van der Waals surface area contributed by atoms with Gasteiger partial charge in [-0.1, -0.05) is 13.8 Å². The molecule has 3 atom stereocenters. The molecule has 1 aliphatic rings. The minimum Gasteiger partial charge on any atom is -0.382 e. The lowest BCUT2D eigenvalue weighted by molar-refractivity contribution is -0.385. The van der Waals surface area contributed by atoms with E-state index in [-0.39, 0.29) is 17.3 Å². The molecule has 1 aromatic carbocycles. The van der Waals surface area contributed by atoms with Gasteiger partial charge in [0.1, 0.15) is 0 Å². The van der Waals surface area contributed by atoms with Gasteiger partial charge in [-0.05, 0) is 30.7 Å². The van der Waals surface area contributed by atoms with Crippen molar-refractivity contribution in [3.63, 3.8) is 0 Å². The van der Waals surface area contributed by atoms with Crippen molar-refractivity contribution in [1.82, 2.24) is 0 Å². The molecule has 2 rings (SSSR count). The Morgan fingerprint density at radius 3 is 2.55 bits per heavy atom. The number of halogens is 2. The van der Waals surface area contributed by atoms with Crippen LogP contribution in [0.3, 0.4) is 0 Å². The van der Waals surface area contributed by atoms with Crippen LogP contribution >= 0.6 is 0 Å². The number of hydrogen-bond acceptors (Lipinski definition) is 3. The van der Waals surface area contributed by atoms with Crippen molar-refractivity contribution in [2.45, 2.75) is 39.2 Å². The average molecular weight is 284 g/mol. The first-order valence-electron chi connectivity index (χ1n) is 6.73. The van der Waals surface area contributed by atoms with E-state index in [4.69, 9.17) is 0 Å². The van der Waals surface area contributed by atoms with Gasteiger partial charge < -0.3 is 5.32 Å². The fourth-order valence-electron chi connectivity index (χ4n) is 2.74. The quantitative estimate of drug-likeness (QED) is 0.659. The third kappa shape index (κ3) is 2.89. The predicted octanol–water partition coefficient (Wildman–Crippen LogP) is 4.38. The molecule has 0 amide bonds. The zero-order valence-electron chi connectivity index (χ0n) is 11.5. The zero-order valence-corrected chi connectivity index (χ0v) is 11.5. The highest BCUT2D eigenvalue weighted by atomic mass is 19.3. The number of nitro groups is 1. The van der Waals surface area contributed by atoms with Crippen LogP contribution in [0.1, 0.15) is 38.7 Å². The van der Waals surface area contributed by atoms with E-state index in [1.807, 2.05) is 0 Å². The summed E-state index contributed by atoms with van der Waals surface area (Å²) in [5, 5.41) is 13.8. The first kappa shape index (κ1) is 14.7. The third-order valence-corrected chi connectivity index (χ3v) is 4.29. The Labute approximate surface area is 116 Å². The number of non-ortho nitro benzene ring substituents is 1. The van der Waals surface area contributed by atoms with Crippen molar-refractivity contribution in [3.05, 3.63) is 33.9 Å². The first-order valence-corrected chi connectivity index (χ1v) is 6.73. The Bertz CT molecular complexity index is 508. The molecule has 1 saturated carbocycles. The molecule has 0 heterocycles. The van der Waals surface area contributed by atoms with E-state index in [1.54, 1.807) is 0 Å². The summed E-state index contributed by atoms with van der Waals surface area (Å²) in [7, 11) is 0. The molecule has 1 N–H and O–H groups in total. The molecule has 1 aliphatic carbocycles. The van der Waals surface area contributed by atoms with Crippen LogP contribution in [-0.2, 0) is 0 Å². The number of anilines is 1. The van der Waals surface area contributed by atoms with E-state index in [0.29, 0.717) is 17.5 Å². The number of nitro benzene ring substituents is 1. The second-order valence-electron chi connectivity index (χ2n) is 5.49. The van der Waals surface area contributed by atoms with Crippen molar-refractivity contribution in [2.75, 3.05) is 5.32 Å². The minimum absolute atomic E-state index is 0.143. The average Bonchev–Trinajstić information content (AvgIpc) is 2.70. The van der Waals surface area contributed by atoms with Crippen molar-refractivity contribution in [1.29, 1.82) is 0 Å². The van der Waals surface area contributed by atoms with Crippen LogP contribution in [0, 0.1) is 22.0 Å². The molecule has 20 heavy (non-hydrogen) atoms. The molecule has 0 radical (unpaired) electrons. The number of nitrogens with one attached hydrogen (secondary N) is 1. The number of nitrogens with zero attached hydrogens (tertiary/aromatic N) is 1. The van der Waals surface area contributed by atoms with Crippen molar-refractivity contribution in [3.8, 4) is 0 Å². The highest BCUT2D eigenvalue weighted by Crippen LogP contribution is 2.36. The van der Waals surface area contributed by atoms with Gasteiger partial charge in [0.2, 0.25) is 0 Å². The summed E-state index contributed by atoms with van der Waals surface area (Å²) in [5.41, 5.74) is -0.304. The number of hydrogen-bond donors (Lipinski definition) is 1. The van der Waals surface area contributed by atoms with Gasteiger partial charge in [0.15, 0.2) is 0 Å². The Morgan fingerprint density at radius 1 is 1.35 bits per heavy atom. The van der Waals surface area contributed by atoms with Gasteiger partial charge in [-0.3, -0.25) is 10.1 Å². The molecule has 1 fully saturated rings. The Morgan fingerprint density at radius 2 is 2.05 bits per heavy atom. The van der Waals surface area contributed by atoms with E-state index >= 15 is 0 Å². The van der Waals surface area contributed by atoms with Crippen LogP contribution in [0.4, 0.5) is 20.2 Å². The molecule has 6 heteroatoms. The summed E-state index contributed by atoms with van der Waals surface area (Å²) < 4.78 is 26.1. The molecule has 0 bridgehead atoms. The molecular formula is C14H18F2N2O2. The summed E-state index contributed by atoms with van der Waals surface area (Å²) in [6.45, 7) is 4.25. The highest BCUT2D eigenvalue weighted by Gasteiger charge is 2.30. The second-order valence-corrected chi connectivity index (χ2v) is 5.49. The van der Waals surface area contributed by atoms with Crippen molar-refractivity contribution in [2.24, 2.45) is 11.8 Å². The van der Waals surface area contributed by atoms with E-state index < -0.39 is 11.3 Å². The second kappa shape index (κ2) is 5.73. The molecule has 3 unspecified atom stereocenters. The van der Waals surface area contributed by atoms with Gasteiger partial charge in [-0.2, -0.15) is 0 Å². The fraction of sp³-hybridized carbons (Fsp3) is 0.571. The summed E-state index contributed by atoms with van der Waals surface area (Å²) in [5.74, 6) is 0.955. The van der Waals surface area contributed by atoms with E-state index in [2.05, 4.69) is 19.2 Å². The molecule has 0 aromatic heterocycles. The Kier molecular flexibility index (Phi) is 4.20. The molecule has 0 saturated heterocycles. The van der Waals surface area contributed by atoms with Crippen LogP contribution in [-0.4, -0.2) is 11.0 Å². The summed E-state index contributed by atoms with van der Waals surface area (Å²) in [4.78, 5) is 10.0. The maximum Gasteiger partial charge on any atom is 0.270 e. The molecule has 1 aromatic rings. The lowest BCUT2D eigenvalue weighted by atomic mass is 9.97. The molecule has 0 aliphatic heterocycles. The van der Waals surface area contributed by atoms with Gasteiger partial charge in [0, 0.05) is 29.4 Å². The maximum absolute atomic E-state index is 13.1. The van der Waals surface area contributed by atoms with Gasteiger partial charge in [-0.15, -0.1) is 0 Å². The van der Waals surface area contributed by atoms with Crippen LogP contribution < -0.4 is 5.32 Å². The fourth-order valence-corrected chi connectivity index (χ4v) is 2.74. The van der Waals surface area contributed by atoms with E-state index in [0.717, 1.165) is 18.9 Å². The highest BCUT2D eigenvalue weighted by molar-refractivity contribution is 5.57. The van der Waals surface area contributed by atoms with Crippen LogP contribution in [0.2, 0.25) is 0 Å². The maximum atomic E-state index is 13.1. The lowest BCUT2D eigenvalue weighted by Gasteiger charge is -2.22. The number of alkyl halides is 2. The Balaban J connectivity index is 2.25. The zero-order chi connectivity index (χ0) is 14.9. The number of benzene rings is 1. The Hall–Kier alpha value is -1.72. The van der Waals surface area contributed by atoms with E-state index in [9.17, 15) is 18.9 Å². The molecular weight excluding hydrogens is 266 g/mol. The van der Waals surface area contributed by atoms with Crippen LogP contribution in [0.5, 0.6) is 0 Å². The first-order chi connectivity index (χ1) is 9.40. The predicted molar refractivity (Wildman–Crippen MR) is 73.0 cm³/mol. The van der Waals surface area contributed by atoms with Gasteiger partial charge in [0.25, 0.3) is 12.1 Å². The van der Waals surface area contributed by atoms with Crippen molar-refractivity contribution >= 4 is 11.4 Å². The lowest BCUT2D eigenvalue weighted by Crippen LogP contribution is -2.24. The van der Waals surface area contributed by atoms with E-state index in [1.165, 1.54) is 12.1 Å². The van der Waals surface area contributed by atoms with Crippen LogP contribution in [0.15, 0.2) is 18.2 Å². The monoisotopic (exact) mass is 284 g/mol. The summed E-state index contributed by atoms with van der Waals surface area (Å²) in [6, 6.07) is 3.74. The SMILES string of the molecule is CC1CCC(Nc2ccc([N+](=O)[O-])cc2C(F)F)C1C. The van der Waals surface area contributed by atoms with Gasteiger partial charge in [-0.25, -0.2) is 8.78 Å². The third-order valence-electron chi connectivity index (χ3n) is 4.29.